The Bertz CT molecular complexity index is 170. The first-order valence-electron chi connectivity index (χ1n) is 4.00. The summed E-state index contributed by atoms with van der Waals surface area (Å²) < 4.78 is 0. The van der Waals surface area contributed by atoms with E-state index in [-0.39, 0.29) is 0 Å². The van der Waals surface area contributed by atoms with E-state index in [0.29, 0.717) is 5.41 Å². The first-order chi connectivity index (χ1) is 4.67. The largest absolute Gasteiger partial charge is 0.0842 e. The molecule has 0 unspecified atom stereocenters. The highest BCUT2D eigenvalue weighted by Crippen LogP contribution is 2.35. The lowest BCUT2D eigenvalue weighted by Gasteiger charge is -2.28. The Morgan fingerprint density at radius 2 is 2.20 bits per heavy atom. The summed E-state index contributed by atoms with van der Waals surface area (Å²) in [5.74, 6) is 0. The van der Waals surface area contributed by atoms with Gasteiger partial charge in [-0.15, -0.1) is 0 Å². The van der Waals surface area contributed by atoms with E-state index in [2.05, 4.69) is 39.0 Å². The predicted octanol–water partition coefficient (Wildman–Crippen LogP) is 3.31. The maximum atomic E-state index is 2.31. The molecule has 0 saturated carbocycles. The van der Waals surface area contributed by atoms with Crippen LogP contribution in [0.25, 0.3) is 0 Å². The third kappa shape index (κ3) is 1.31. The molecule has 1 aliphatic carbocycles. The quantitative estimate of drug-likeness (QED) is 0.479. The molecule has 0 spiro atoms. The summed E-state index contributed by atoms with van der Waals surface area (Å²) in [6.45, 7) is 6.74. The van der Waals surface area contributed by atoms with Crippen molar-refractivity contribution in [3.63, 3.8) is 0 Å². The van der Waals surface area contributed by atoms with Gasteiger partial charge in [-0.05, 0) is 30.8 Å². The fraction of sp³-hybridized carbons (Fsp3) is 0.600. The van der Waals surface area contributed by atoms with E-state index in [0.717, 1.165) is 0 Å². The number of rotatable bonds is 0. The summed E-state index contributed by atoms with van der Waals surface area (Å²) >= 11 is 0. The average Bonchev–Trinajstić information content (AvgIpc) is 1.87. The highest BCUT2D eigenvalue weighted by atomic mass is 14.3. The van der Waals surface area contributed by atoms with E-state index in [9.17, 15) is 0 Å². The standard InChI is InChI=1S/C10H16/c1-4-9-7-5-6-8-10(9,2)3/h4-5,7H,6,8H2,1-3H3. The van der Waals surface area contributed by atoms with Gasteiger partial charge in [0.2, 0.25) is 0 Å². The van der Waals surface area contributed by atoms with Gasteiger partial charge < -0.3 is 0 Å². The molecule has 0 saturated heterocycles. The van der Waals surface area contributed by atoms with Crippen LogP contribution >= 0.6 is 0 Å². The molecule has 0 nitrogen and oxygen atoms in total. The van der Waals surface area contributed by atoms with Crippen LogP contribution in [0.15, 0.2) is 23.8 Å². The Morgan fingerprint density at radius 3 is 2.60 bits per heavy atom. The minimum Gasteiger partial charge on any atom is -0.0842 e. The van der Waals surface area contributed by atoms with Gasteiger partial charge in [0.15, 0.2) is 0 Å². The zero-order valence-corrected chi connectivity index (χ0v) is 7.15. The highest BCUT2D eigenvalue weighted by molar-refractivity contribution is 5.27. The van der Waals surface area contributed by atoms with Crippen LogP contribution in [-0.4, -0.2) is 0 Å². The second-order valence-electron chi connectivity index (χ2n) is 3.57. The Balaban J connectivity index is 2.87. The third-order valence-corrected chi connectivity index (χ3v) is 2.33. The smallest absolute Gasteiger partial charge is 0.0104 e. The van der Waals surface area contributed by atoms with Gasteiger partial charge in [0.05, 0.1) is 0 Å². The molecule has 0 N–H and O–H groups in total. The molecule has 0 atom stereocenters. The Hall–Kier alpha value is -0.520. The molecule has 0 bridgehead atoms. The van der Waals surface area contributed by atoms with E-state index < -0.39 is 0 Å². The highest BCUT2D eigenvalue weighted by Gasteiger charge is 2.21. The summed E-state index contributed by atoms with van der Waals surface area (Å²) in [6, 6.07) is 0. The molecule has 1 rings (SSSR count). The minimum absolute atomic E-state index is 0.420. The fourth-order valence-corrected chi connectivity index (χ4v) is 1.51. The van der Waals surface area contributed by atoms with Crippen molar-refractivity contribution < 1.29 is 0 Å². The number of hydrogen-bond donors (Lipinski definition) is 0. The Morgan fingerprint density at radius 1 is 1.50 bits per heavy atom. The van der Waals surface area contributed by atoms with Crippen LogP contribution in [0.2, 0.25) is 0 Å². The summed E-state index contributed by atoms with van der Waals surface area (Å²) in [4.78, 5) is 0. The normalized spacial score (nSPS) is 27.3. The van der Waals surface area contributed by atoms with Crippen molar-refractivity contribution in [2.45, 2.75) is 33.6 Å². The topological polar surface area (TPSA) is 0 Å². The molecule has 1 aliphatic rings. The number of allylic oxidation sites excluding steroid dienone is 4. The van der Waals surface area contributed by atoms with Crippen LogP contribution in [0.5, 0.6) is 0 Å². The van der Waals surface area contributed by atoms with E-state index in [4.69, 9.17) is 0 Å². The molecule has 0 heteroatoms. The first kappa shape index (κ1) is 7.59. The molecule has 0 radical (unpaired) electrons. The maximum Gasteiger partial charge on any atom is -0.0104 e. The summed E-state index contributed by atoms with van der Waals surface area (Å²) in [5.41, 5.74) is 1.91. The first-order valence-corrected chi connectivity index (χ1v) is 4.00. The molecular formula is C10H16. The lowest BCUT2D eigenvalue weighted by Crippen LogP contribution is -2.15. The molecule has 0 aromatic heterocycles. The van der Waals surface area contributed by atoms with Gasteiger partial charge >= 0.3 is 0 Å². The van der Waals surface area contributed by atoms with Crippen LogP contribution in [0.4, 0.5) is 0 Å². The predicted molar refractivity (Wildman–Crippen MR) is 45.9 cm³/mol. The molecule has 0 aromatic carbocycles. The third-order valence-electron chi connectivity index (χ3n) is 2.33. The van der Waals surface area contributed by atoms with Crippen molar-refractivity contribution in [2.24, 2.45) is 5.41 Å². The van der Waals surface area contributed by atoms with E-state index >= 15 is 0 Å². The lowest BCUT2D eigenvalue weighted by molar-refractivity contribution is 0.411. The Kier molecular flexibility index (Phi) is 1.98. The molecular weight excluding hydrogens is 120 g/mol. The summed E-state index contributed by atoms with van der Waals surface area (Å²) in [7, 11) is 0. The van der Waals surface area contributed by atoms with Gasteiger partial charge in [-0.1, -0.05) is 32.1 Å². The molecule has 0 aliphatic heterocycles. The molecule has 0 amide bonds. The van der Waals surface area contributed by atoms with E-state index in [1.54, 1.807) is 0 Å². The molecule has 0 fully saturated rings. The van der Waals surface area contributed by atoms with Gasteiger partial charge in [0.1, 0.15) is 0 Å². The molecule has 10 heavy (non-hydrogen) atoms. The van der Waals surface area contributed by atoms with Gasteiger partial charge in [0.25, 0.3) is 0 Å². The summed E-state index contributed by atoms with van der Waals surface area (Å²) in [5, 5.41) is 0. The van der Waals surface area contributed by atoms with E-state index in [1.807, 2.05) is 0 Å². The van der Waals surface area contributed by atoms with Crippen molar-refractivity contribution >= 4 is 0 Å². The Labute approximate surface area is 63.6 Å². The maximum absolute atomic E-state index is 2.31. The summed E-state index contributed by atoms with van der Waals surface area (Å²) in [6.07, 6.45) is 9.27. The van der Waals surface area contributed by atoms with Gasteiger partial charge in [-0.3, -0.25) is 0 Å². The van der Waals surface area contributed by atoms with Gasteiger partial charge in [-0.2, -0.15) is 0 Å². The van der Waals surface area contributed by atoms with Gasteiger partial charge in [0, 0.05) is 0 Å². The van der Waals surface area contributed by atoms with Crippen molar-refractivity contribution in [3.8, 4) is 0 Å². The molecule has 56 valence electrons. The second kappa shape index (κ2) is 2.61. The van der Waals surface area contributed by atoms with E-state index in [1.165, 1.54) is 18.4 Å². The van der Waals surface area contributed by atoms with Crippen LogP contribution in [0.1, 0.15) is 33.6 Å². The fourth-order valence-electron chi connectivity index (χ4n) is 1.51. The molecule has 0 aromatic rings. The van der Waals surface area contributed by atoms with Crippen molar-refractivity contribution in [1.82, 2.24) is 0 Å². The average molecular weight is 136 g/mol. The van der Waals surface area contributed by atoms with Crippen molar-refractivity contribution in [1.29, 1.82) is 0 Å². The van der Waals surface area contributed by atoms with Crippen LogP contribution in [0, 0.1) is 5.41 Å². The van der Waals surface area contributed by atoms with Crippen LogP contribution in [0.3, 0.4) is 0 Å². The molecule has 0 heterocycles. The zero-order chi connectivity index (χ0) is 7.61. The van der Waals surface area contributed by atoms with Crippen molar-refractivity contribution in [2.75, 3.05) is 0 Å². The zero-order valence-electron chi connectivity index (χ0n) is 7.15. The SMILES string of the molecule is CC=C1C=CCCC1(C)C. The van der Waals surface area contributed by atoms with Gasteiger partial charge in [-0.25, -0.2) is 0 Å². The van der Waals surface area contributed by atoms with Crippen molar-refractivity contribution in [3.05, 3.63) is 23.8 Å². The monoisotopic (exact) mass is 136 g/mol. The minimum atomic E-state index is 0.420. The lowest BCUT2D eigenvalue weighted by atomic mass is 9.77. The van der Waals surface area contributed by atoms with Crippen LogP contribution in [-0.2, 0) is 0 Å². The second-order valence-corrected chi connectivity index (χ2v) is 3.57. The number of hydrogen-bond acceptors (Lipinski definition) is 0. The van der Waals surface area contributed by atoms with Crippen LogP contribution < -0.4 is 0 Å².